The third-order valence-electron chi connectivity index (χ3n) is 1.97. The SMILES string of the molecule is CCOC(=O)/C=C/CNCc1ccccc1. The molecule has 0 aliphatic rings. The maximum atomic E-state index is 10.9. The predicted octanol–water partition coefficient (Wildman–Crippen LogP) is 1.90. The molecule has 1 rings (SSSR count). The zero-order chi connectivity index (χ0) is 11.6. The van der Waals surface area contributed by atoms with E-state index in [9.17, 15) is 4.79 Å². The third kappa shape index (κ3) is 5.32. The zero-order valence-electron chi connectivity index (χ0n) is 9.48. The van der Waals surface area contributed by atoms with Gasteiger partial charge in [-0.1, -0.05) is 36.4 Å². The molecular weight excluding hydrogens is 202 g/mol. The molecule has 0 amide bonds. The lowest BCUT2D eigenvalue weighted by Gasteiger charge is -2.01. The number of carbonyl (C=O) groups is 1. The lowest BCUT2D eigenvalue weighted by Crippen LogP contribution is -2.13. The van der Waals surface area contributed by atoms with E-state index >= 15 is 0 Å². The van der Waals surface area contributed by atoms with Crippen molar-refractivity contribution in [3.05, 3.63) is 48.0 Å². The van der Waals surface area contributed by atoms with Gasteiger partial charge < -0.3 is 10.1 Å². The minimum atomic E-state index is -0.288. The second-order valence-electron chi connectivity index (χ2n) is 3.27. The molecule has 0 aliphatic heterocycles. The molecule has 0 aromatic heterocycles. The molecule has 3 nitrogen and oxygen atoms in total. The Balaban J connectivity index is 2.15. The maximum absolute atomic E-state index is 10.9. The fraction of sp³-hybridized carbons (Fsp3) is 0.308. The van der Waals surface area contributed by atoms with Gasteiger partial charge in [0.1, 0.15) is 0 Å². The summed E-state index contributed by atoms with van der Waals surface area (Å²) in [6, 6.07) is 10.1. The number of rotatable bonds is 6. The molecule has 0 bridgehead atoms. The summed E-state index contributed by atoms with van der Waals surface area (Å²) >= 11 is 0. The van der Waals surface area contributed by atoms with Crippen molar-refractivity contribution in [2.24, 2.45) is 0 Å². The molecule has 1 aromatic rings. The van der Waals surface area contributed by atoms with Crippen molar-refractivity contribution in [2.45, 2.75) is 13.5 Å². The minimum Gasteiger partial charge on any atom is -0.463 e. The van der Waals surface area contributed by atoms with Crippen molar-refractivity contribution in [3.63, 3.8) is 0 Å². The van der Waals surface area contributed by atoms with Crippen LogP contribution in [0.25, 0.3) is 0 Å². The maximum Gasteiger partial charge on any atom is 0.330 e. The highest BCUT2D eigenvalue weighted by atomic mass is 16.5. The summed E-state index contributed by atoms with van der Waals surface area (Å²) in [5.41, 5.74) is 1.23. The smallest absolute Gasteiger partial charge is 0.330 e. The summed E-state index contributed by atoms with van der Waals surface area (Å²) in [6.07, 6.45) is 3.21. The van der Waals surface area contributed by atoms with E-state index in [1.165, 1.54) is 11.6 Å². The van der Waals surface area contributed by atoms with Crippen LogP contribution in [0.15, 0.2) is 42.5 Å². The molecular formula is C13H17NO2. The number of carbonyl (C=O) groups excluding carboxylic acids is 1. The summed E-state index contributed by atoms with van der Waals surface area (Å²) < 4.78 is 4.75. The Kier molecular flexibility index (Phi) is 5.96. The Labute approximate surface area is 96.1 Å². The third-order valence-corrected chi connectivity index (χ3v) is 1.97. The van der Waals surface area contributed by atoms with Crippen molar-refractivity contribution < 1.29 is 9.53 Å². The summed E-state index contributed by atoms with van der Waals surface area (Å²) in [4.78, 5) is 10.9. The van der Waals surface area contributed by atoms with Crippen LogP contribution in [-0.4, -0.2) is 19.1 Å². The fourth-order valence-electron chi connectivity index (χ4n) is 1.24. The molecule has 0 spiro atoms. The van der Waals surface area contributed by atoms with Crippen LogP contribution < -0.4 is 5.32 Å². The Morgan fingerprint density at radius 3 is 2.81 bits per heavy atom. The molecule has 0 radical (unpaired) electrons. The van der Waals surface area contributed by atoms with Gasteiger partial charge in [0.25, 0.3) is 0 Å². The van der Waals surface area contributed by atoms with Crippen molar-refractivity contribution in [1.29, 1.82) is 0 Å². The molecule has 0 saturated heterocycles. The van der Waals surface area contributed by atoms with Gasteiger partial charge in [-0.3, -0.25) is 0 Å². The van der Waals surface area contributed by atoms with E-state index in [4.69, 9.17) is 4.74 Å². The van der Waals surface area contributed by atoms with E-state index in [1.54, 1.807) is 13.0 Å². The molecule has 0 fully saturated rings. The van der Waals surface area contributed by atoms with Crippen LogP contribution in [0.3, 0.4) is 0 Å². The molecule has 1 aromatic carbocycles. The van der Waals surface area contributed by atoms with E-state index in [0.717, 1.165) is 6.54 Å². The topological polar surface area (TPSA) is 38.3 Å². The summed E-state index contributed by atoms with van der Waals surface area (Å²) in [5, 5.41) is 3.20. The van der Waals surface area contributed by atoms with E-state index in [0.29, 0.717) is 13.2 Å². The van der Waals surface area contributed by atoms with Gasteiger partial charge >= 0.3 is 5.97 Å². The van der Waals surface area contributed by atoms with E-state index in [-0.39, 0.29) is 5.97 Å². The van der Waals surface area contributed by atoms with Gasteiger partial charge in [-0.05, 0) is 12.5 Å². The Bertz CT molecular complexity index is 333. The van der Waals surface area contributed by atoms with Crippen LogP contribution in [0.1, 0.15) is 12.5 Å². The molecule has 0 heterocycles. The highest BCUT2D eigenvalue weighted by Gasteiger charge is 1.92. The molecule has 86 valence electrons. The van der Waals surface area contributed by atoms with Crippen LogP contribution >= 0.6 is 0 Å². The summed E-state index contributed by atoms with van der Waals surface area (Å²) in [6.45, 7) is 3.67. The second kappa shape index (κ2) is 7.65. The average Bonchev–Trinajstić information content (AvgIpc) is 2.30. The normalized spacial score (nSPS) is 10.6. The number of ether oxygens (including phenoxy) is 1. The van der Waals surface area contributed by atoms with E-state index < -0.39 is 0 Å². The van der Waals surface area contributed by atoms with Crippen molar-refractivity contribution in [3.8, 4) is 0 Å². The molecule has 0 aliphatic carbocycles. The summed E-state index contributed by atoms with van der Waals surface area (Å²) in [7, 11) is 0. The van der Waals surface area contributed by atoms with Gasteiger partial charge in [0, 0.05) is 19.2 Å². The number of hydrogen-bond donors (Lipinski definition) is 1. The Hall–Kier alpha value is -1.61. The second-order valence-corrected chi connectivity index (χ2v) is 3.27. The molecule has 1 N–H and O–H groups in total. The van der Waals surface area contributed by atoms with Crippen molar-refractivity contribution in [1.82, 2.24) is 5.32 Å². The first-order valence-electron chi connectivity index (χ1n) is 5.41. The van der Waals surface area contributed by atoms with Crippen molar-refractivity contribution >= 4 is 5.97 Å². The van der Waals surface area contributed by atoms with Gasteiger partial charge in [0.15, 0.2) is 0 Å². The highest BCUT2D eigenvalue weighted by Crippen LogP contribution is 1.96. The molecule has 0 saturated carbocycles. The van der Waals surface area contributed by atoms with Crippen LogP contribution in [0.5, 0.6) is 0 Å². The first kappa shape index (κ1) is 12.5. The van der Waals surface area contributed by atoms with Gasteiger partial charge in [-0.25, -0.2) is 4.79 Å². The standard InChI is InChI=1S/C13H17NO2/c1-2-16-13(15)9-6-10-14-11-12-7-4-3-5-8-12/h3-9,14H,2,10-11H2,1H3/b9-6+. The quantitative estimate of drug-likeness (QED) is 0.451. The minimum absolute atomic E-state index is 0.288. The largest absolute Gasteiger partial charge is 0.463 e. The van der Waals surface area contributed by atoms with Gasteiger partial charge in [-0.15, -0.1) is 0 Å². The van der Waals surface area contributed by atoms with E-state index in [1.807, 2.05) is 18.2 Å². The first-order chi connectivity index (χ1) is 7.83. The molecule has 0 unspecified atom stereocenters. The van der Waals surface area contributed by atoms with Crippen molar-refractivity contribution in [2.75, 3.05) is 13.2 Å². The van der Waals surface area contributed by atoms with Crippen LogP contribution in [0.4, 0.5) is 0 Å². The van der Waals surface area contributed by atoms with E-state index in [2.05, 4.69) is 17.4 Å². The monoisotopic (exact) mass is 219 g/mol. The zero-order valence-corrected chi connectivity index (χ0v) is 9.48. The molecule has 0 atom stereocenters. The number of benzene rings is 1. The van der Waals surface area contributed by atoms with Crippen LogP contribution in [-0.2, 0) is 16.1 Å². The number of esters is 1. The lowest BCUT2D eigenvalue weighted by molar-refractivity contribution is -0.137. The number of hydrogen-bond acceptors (Lipinski definition) is 3. The van der Waals surface area contributed by atoms with Crippen LogP contribution in [0.2, 0.25) is 0 Å². The van der Waals surface area contributed by atoms with Gasteiger partial charge in [0.2, 0.25) is 0 Å². The fourth-order valence-corrected chi connectivity index (χ4v) is 1.24. The Morgan fingerprint density at radius 1 is 1.38 bits per heavy atom. The van der Waals surface area contributed by atoms with Gasteiger partial charge in [0.05, 0.1) is 6.61 Å². The molecule has 3 heteroatoms. The first-order valence-corrected chi connectivity index (χ1v) is 5.41. The molecule has 16 heavy (non-hydrogen) atoms. The summed E-state index contributed by atoms with van der Waals surface area (Å²) in [5.74, 6) is -0.288. The lowest BCUT2D eigenvalue weighted by atomic mass is 10.2. The van der Waals surface area contributed by atoms with Crippen LogP contribution in [0, 0.1) is 0 Å². The average molecular weight is 219 g/mol. The predicted molar refractivity (Wildman–Crippen MR) is 63.9 cm³/mol. The number of nitrogens with one attached hydrogen (secondary N) is 1. The highest BCUT2D eigenvalue weighted by molar-refractivity contribution is 5.81. The Morgan fingerprint density at radius 2 is 2.12 bits per heavy atom. The van der Waals surface area contributed by atoms with Gasteiger partial charge in [-0.2, -0.15) is 0 Å².